The van der Waals surface area contributed by atoms with E-state index in [1.165, 1.54) is 18.2 Å². The fraction of sp³-hybridized carbons (Fsp3) is 0.467. The zero-order chi connectivity index (χ0) is 19.0. The lowest BCUT2D eigenvalue weighted by Gasteiger charge is -2.22. The van der Waals surface area contributed by atoms with Crippen LogP contribution in [0, 0.1) is 5.82 Å². The van der Waals surface area contributed by atoms with E-state index in [0.717, 1.165) is 0 Å². The van der Waals surface area contributed by atoms with Gasteiger partial charge in [0, 0.05) is 6.42 Å². The Balaban J connectivity index is 2.83. The van der Waals surface area contributed by atoms with Gasteiger partial charge in [-0.2, -0.15) is 0 Å². The maximum absolute atomic E-state index is 14.3. The van der Waals surface area contributed by atoms with E-state index < -0.39 is 36.3 Å². The maximum Gasteiger partial charge on any atom is 0.487 e. The third-order valence-electron chi connectivity index (χ3n) is 2.81. The number of nitrogens with one attached hydrogen (secondary N) is 1. The molecule has 3 N–H and O–H groups in total. The van der Waals surface area contributed by atoms with Crippen LogP contribution >= 0.6 is 0 Å². The summed E-state index contributed by atoms with van der Waals surface area (Å²) in [5.74, 6) is -2.31. The van der Waals surface area contributed by atoms with E-state index >= 15 is 0 Å². The van der Waals surface area contributed by atoms with Gasteiger partial charge in [-0.15, -0.1) is 0 Å². The van der Waals surface area contributed by atoms with Crippen molar-refractivity contribution < 1.29 is 38.2 Å². The van der Waals surface area contributed by atoms with E-state index in [-0.39, 0.29) is 17.7 Å². The van der Waals surface area contributed by atoms with Crippen molar-refractivity contribution in [1.29, 1.82) is 0 Å². The lowest BCUT2D eigenvalue weighted by atomic mass is 10.0. The van der Waals surface area contributed by atoms with Gasteiger partial charge in [0.25, 0.3) is 0 Å². The smallest absolute Gasteiger partial charge is 0.480 e. The highest BCUT2D eigenvalue weighted by Crippen LogP contribution is 2.22. The van der Waals surface area contributed by atoms with Crippen molar-refractivity contribution in [3.63, 3.8) is 0 Å². The Morgan fingerprint density at radius 2 is 2.04 bits per heavy atom. The largest absolute Gasteiger partial charge is 0.487 e. The monoisotopic (exact) mass is 356 g/mol. The predicted octanol–water partition coefficient (Wildman–Crippen LogP) is 1.23. The molecule has 0 spiro atoms. The highest BCUT2D eigenvalue weighted by atomic mass is 19.1. The van der Waals surface area contributed by atoms with E-state index in [9.17, 15) is 19.1 Å². The molecule has 0 saturated heterocycles. The highest BCUT2D eigenvalue weighted by molar-refractivity contribution is 6.15. The number of halogens is 1. The summed E-state index contributed by atoms with van der Waals surface area (Å²) in [6.07, 6.45) is -1.23. The number of amides is 1. The van der Waals surface area contributed by atoms with Crippen LogP contribution in [0.5, 0.6) is 5.75 Å². The summed E-state index contributed by atoms with van der Waals surface area (Å²) in [6, 6.07) is 2.76. The van der Waals surface area contributed by atoms with Gasteiger partial charge < -0.3 is 29.6 Å². The molecule has 25 heavy (non-hydrogen) atoms. The molecule has 1 aromatic rings. The van der Waals surface area contributed by atoms with Gasteiger partial charge in [0.1, 0.15) is 11.6 Å². The van der Waals surface area contributed by atoms with Gasteiger partial charge in [-0.3, -0.25) is 0 Å². The number of aliphatic carboxylic acids is 1. The number of ether oxygens (including phenoxy) is 2. The van der Waals surface area contributed by atoms with Crippen LogP contribution in [0.2, 0.25) is 0 Å². The SMILES string of the molecule is CC(C)(C)OC(=O)N[C@@H](Cc1cccc(OCO[B]O)c1F)C(=O)O. The second-order valence-corrected chi connectivity index (χ2v) is 6.00. The first-order valence-electron chi connectivity index (χ1n) is 7.34. The third kappa shape index (κ3) is 7.40. The van der Waals surface area contributed by atoms with Gasteiger partial charge in [0.2, 0.25) is 0 Å². The molecule has 1 amide bonds. The highest BCUT2D eigenvalue weighted by Gasteiger charge is 2.25. The van der Waals surface area contributed by atoms with Crippen LogP contribution in [0.3, 0.4) is 0 Å². The van der Waals surface area contributed by atoms with Crippen LogP contribution in [-0.4, -0.2) is 48.3 Å². The summed E-state index contributed by atoms with van der Waals surface area (Å²) in [4.78, 5) is 23.1. The van der Waals surface area contributed by atoms with E-state index in [1.807, 2.05) is 0 Å². The predicted molar refractivity (Wildman–Crippen MR) is 85.5 cm³/mol. The molecular formula is C15H20BFNO7. The molecule has 0 aromatic heterocycles. The molecular weight excluding hydrogens is 336 g/mol. The van der Waals surface area contributed by atoms with E-state index in [1.54, 1.807) is 20.8 Å². The Morgan fingerprint density at radius 1 is 1.36 bits per heavy atom. The average Bonchev–Trinajstić information content (AvgIpc) is 2.48. The maximum atomic E-state index is 14.3. The third-order valence-corrected chi connectivity index (χ3v) is 2.81. The quantitative estimate of drug-likeness (QED) is 0.365. The molecule has 0 unspecified atom stereocenters. The van der Waals surface area contributed by atoms with Crippen molar-refractivity contribution in [2.75, 3.05) is 6.79 Å². The van der Waals surface area contributed by atoms with Crippen molar-refractivity contribution in [3.05, 3.63) is 29.6 Å². The molecule has 1 rings (SSSR count). The van der Waals surface area contributed by atoms with Crippen LogP contribution in [0.1, 0.15) is 26.3 Å². The molecule has 0 aliphatic carbocycles. The Bertz CT molecular complexity index is 606. The zero-order valence-corrected chi connectivity index (χ0v) is 14.1. The molecule has 0 saturated carbocycles. The number of benzene rings is 1. The van der Waals surface area contributed by atoms with Crippen LogP contribution < -0.4 is 10.1 Å². The van der Waals surface area contributed by atoms with E-state index in [4.69, 9.17) is 14.5 Å². The van der Waals surface area contributed by atoms with Crippen molar-refractivity contribution in [3.8, 4) is 5.75 Å². The molecule has 0 bridgehead atoms. The molecule has 0 aliphatic heterocycles. The topological polar surface area (TPSA) is 114 Å². The Morgan fingerprint density at radius 3 is 2.60 bits per heavy atom. The Labute approximate surface area is 145 Å². The minimum atomic E-state index is -1.39. The molecule has 0 heterocycles. The summed E-state index contributed by atoms with van der Waals surface area (Å²) in [6.45, 7) is 4.48. The first kappa shape index (κ1) is 20.7. The normalized spacial score (nSPS) is 12.2. The first-order chi connectivity index (χ1) is 11.6. The average molecular weight is 356 g/mol. The number of hydrogen-bond donors (Lipinski definition) is 3. The molecule has 1 atom stereocenters. The fourth-order valence-corrected chi connectivity index (χ4v) is 1.82. The molecule has 1 radical (unpaired) electrons. The summed E-state index contributed by atoms with van der Waals surface area (Å²) in [5, 5.41) is 19.8. The summed E-state index contributed by atoms with van der Waals surface area (Å²) in [7, 11) is 0.396. The van der Waals surface area contributed by atoms with Crippen molar-refractivity contribution in [1.82, 2.24) is 5.32 Å². The van der Waals surface area contributed by atoms with Gasteiger partial charge in [-0.25, -0.2) is 14.0 Å². The Kier molecular flexibility index (Phi) is 7.65. The van der Waals surface area contributed by atoms with Gasteiger partial charge in [0.15, 0.2) is 18.4 Å². The zero-order valence-electron chi connectivity index (χ0n) is 14.1. The van der Waals surface area contributed by atoms with Crippen LogP contribution in [0.4, 0.5) is 9.18 Å². The summed E-state index contributed by atoms with van der Waals surface area (Å²) < 4.78 is 28.7. The van der Waals surface area contributed by atoms with Crippen LogP contribution in [0.15, 0.2) is 18.2 Å². The van der Waals surface area contributed by atoms with Crippen molar-refractivity contribution >= 4 is 19.7 Å². The van der Waals surface area contributed by atoms with Crippen molar-refractivity contribution in [2.45, 2.75) is 38.8 Å². The minimum Gasteiger partial charge on any atom is -0.480 e. The molecule has 0 fully saturated rings. The van der Waals surface area contributed by atoms with Crippen molar-refractivity contribution in [2.24, 2.45) is 0 Å². The fourth-order valence-electron chi connectivity index (χ4n) is 1.82. The first-order valence-corrected chi connectivity index (χ1v) is 7.34. The van der Waals surface area contributed by atoms with E-state index in [2.05, 4.69) is 9.97 Å². The van der Waals surface area contributed by atoms with Gasteiger partial charge in [-0.05, 0) is 32.4 Å². The molecule has 1 aromatic carbocycles. The van der Waals surface area contributed by atoms with Gasteiger partial charge in [0.05, 0.1) is 0 Å². The molecule has 137 valence electrons. The number of alkyl carbamates (subject to hydrolysis) is 1. The number of rotatable bonds is 8. The molecule has 10 heteroatoms. The number of carboxylic acids is 1. The number of hydrogen-bond acceptors (Lipinski definition) is 6. The minimum absolute atomic E-state index is 0.0222. The number of carbonyl (C=O) groups is 2. The van der Waals surface area contributed by atoms with Gasteiger partial charge >= 0.3 is 19.7 Å². The molecule has 0 aliphatic rings. The lowest BCUT2D eigenvalue weighted by Crippen LogP contribution is -2.44. The second kappa shape index (κ2) is 9.23. The number of carbonyl (C=O) groups excluding carboxylic acids is 1. The second-order valence-electron chi connectivity index (χ2n) is 6.00. The summed E-state index contributed by atoms with van der Waals surface area (Å²) in [5.41, 5.74) is -0.774. The van der Waals surface area contributed by atoms with Crippen LogP contribution in [0.25, 0.3) is 0 Å². The van der Waals surface area contributed by atoms with Gasteiger partial charge in [-0.1, -0.05) is 12.1 Å². The van der Waals surface area contributed by atoms with Crippen LogP contribution in [-0.2, 0) is 20.6 Å². The standard InChI is InChI=1S/C15H20BFNO7/c1-15(2,3)25-14(21)18-10(13(19)20)7-9-5-4-6-11(12(9)17)23-8-24-16-22/h4-6,10,22H,7-8H2,1-3H3,(H,18,21)(H,19,20)/t10-/m0/s1. The number of carboxylic acid groups (broad SMARTS) is 1. The molecule has 8 nitrogen and oxygen atoms in total. The lowest BCUT2D eigenvalue weighted by molar-refractivity contribution is -0.139. The van der Waals surface area contributed by atoms with E-state index in [0.29, 0.717) is 7.69 Å². The summed E-state index contributed by atoms with van der Waals surface area (Å²) >= 11 is 0. The Hall–Kier alpha value is -2.33.